The van der Waals surface area contributed by atoms with Gasteiger partial charge < -0.3 is 15.0 Å². The zero-order chi connectivity index (χ0) is 25.1. The first-order valence-electron chi connectivity index (χ1n) is 11.5. The number of nitrogens with one attached hydrogen (secondary N) is 2. The van der Waals surface area contributed by atoms with Gasteiger partial charge in [0.25, 0.3) is 0 Å². The van der Waals surface area contributed by atoms with E-state index >= 15 is 0 Å². The van der Waals surface area contributed by atoms with E-state index in [1.54, 1.807) is 30.5 Å². The van der Waals surface area contributed by atoms with Crippen LogP contribution in [0.15, 0.2) is 73.6 Å². The summed E-state index contributed by atoms with van der Waals surface area (Å²) < 4.78 is 25.5. The third kappa shape index (κ3) is 5.58. The molecule has 0 bridgehead atoms. The lowest BCUT2D eigenvalue weighted by molar-refractivity contribution is -0.111. The van der Waals surface area contributed by atoms with Crippen molar-refractivity contribution in [2.75, 3.05) is 29.9 Å². The molecule has 186 valence electrons. The lowest BCUT2D eigenvalue weighted by Crippen LogP contribution is -2.37. The lowest BCUT2D eigenvalue weighted by atomic mass is 10.1. The standard InChI is InChI=1S/C26H27N5O4S/c1-2-23(32)29-20-4-3-5-21(14-20)35-24-16-28-26-25(30-24)22(15-27-26)19-8-6-18(7-9-19)17-31-10-12-36(33,34)13-11-31/h2-9,14-16,33-34H,1,10-13,17H2,(H,27,28)(H,29,32). The predicted molar refractivity (Wildman–Crippen MR) is 143 cm³/mol. The predicted octanol–water partition coefficient (Wildman–Crippen LogP) is 5.11. The number of aromatic amines is 1. The number of carbonyl (C=O) groups excluding carboxylic acids is 1. The number of H-pyrrole nitrogens is 1. The van der Waals surface area contributed by atoms with Crippen LogP contribution < -0.4 is 10.1 Å². The topological polar surface area (TPSA) is 124 Å². The van der Waals surface area contributed by atoms with Crippen molar-refractivity contribution in [1.29, 1.82) is 0 Å². The highest BCUT2D eigenvalue weighted by molar-refractivity contribution is 8.24. The number of ether oxygens (including phenoxy) is 1. The Morgan fingerprint density at radius 2 is 1.97 bits per heavy atom. The van der Waals surface area contributed by atoms with Gasteiger partial charge in [0.1, 0.15) is 11.3 Å². The number of aromatic nitrogens is 3. The Hall–Kier alpha value is -3.70. The molecule has 1 aliphatic rings. The fraction of sp³-hybridized carbons (Fsp3) is 0.192. The molecular weight excluding hydrogens is 478 g/mol. The molecule has 1 saturated heterocycles. The number of amides is 1. The smallest absolute Gasteiger partial charge is 0.247 e. The summed E-state index contributed by atoms with van der Waals surface area (Å²) in [6.07, 6.45) is 4.64. The number of nitrogens with zero attached hydrogens (tertiary/aromatic N) is 3. The molecule has 2 aromatic carbocycles. The molecule has 0 atom stereocenters. The van der Waals surface area contributed by atoms with Crippen molar-refractivity contribution >= 4 is 33.3 Å². The number of fused-ring (bicyclic) bond motifs is 1. The maximum Gasteiger partial charge on any atom is 0.247 e. The van der Waals surface area contributed by atoms with Gasteiger partial charge in [-0.05, 0) is 29.3 Å². The van der Waals surface area contributed by atoms with Gasteiger partial charge in [0.05, 0.1) is 17.7 Å². The molecular formula is C26H27N5O4S. The number of hydrogen-bond acceptors (Lipinski definition) is 7. The molecule has 0 spiro atoms. The first-order valence-corrected chi connectivity index (χ1v) is 13.4. The number of carbonyl (C=O) groups is 1. The van der Waals surface area contributed by atoms with E-state index in [0.29, 0.717) is 53.1 Å². The first-order chi connectivity index (χ1) is 17.4. The van der Waals surface area contributed by atoms with Gasteiger partial charge in [0, 0.05) is 43.1 Å². The van der Waals surface area contributed by atoms with Gasteiger partial charge in [-0.25, -0.2) is 9.97 Å². The summed E-state index contributed by atoms with van der Waals surface area (Å²) in [5, 5.41) is 2.71. The van der Waals surface area contributed by atoms with Crippen LogP contribution in [0.2, 0.25) is 0 Å². The Kier molecular flexibility index (Phi) is 6.75. The minimum absolute atomic E-state index is 0.300. The van der Waals surface area contributed by atoms with Crippen LogP contribution in [0.5, 0.6) is 11.6 Å². The second-order valence-corrected chi connectivity index (χ2v) is 11.0. The molecule has 0 aliphatic carbocycles. The largest absolute Gasteiger partial charge is 0.437 e. The summed E-state index contributed by atoms with van der Waals surface area (Å²) in [5.74, 6) is 1.44. The maximum atomic E-state index is 11.6. The van der Waals surface area contributed by atoms with Crippen LogP contribution in [-0.4, -0.2) is 59.5 Å². The summed E-state index contributed by atoms with van der Waals surface area (Å²) in [6.45, 7) is 5.61. The first kappa shape index (κ1) is 24.0. The molecule has 0 radical (unpaired) electrons. The van der Waals surface area contributed by atoms with E-state index in [4.69, 9.17) is 4.74 Å². The fourth-order valence-corrected chi connectivity index (χ4v) is 5.37. The maximum absolute atomic E-state index is 11.6. The Bertz CT molecular complexity index is 1390. The second kappa shape index (κ2) is 10.1. The van der Waals surface area contributed by atoms with Crippen LogP contribution in [0.3, 0.4) is 0 Å². The minimum atomic E-state index is -2.39. The molecule has 36 heavy (non-hydrogen) atoms. The Balaban J connectivity index is 1.31. The van der Waals surface area contributed by atoms with E-state index in [9.17, 15) is 13.9 Å². The summed E-state index contributed by atoms with van der Waals surface area (Å²) in [4.78, 5) is 26.1. The summed E-state index contributed by atoms with van der Waals surface area (Å²) >= 11 is 0. The van der Waals surface area contributed by atoms with Crippen LogP contribution in [0.4, 0.5) is 5.69 Å². The molecule has 4 aromatic rings. The van der Waals surface area contributed by atoms with Crippen LogP contribution in [0.25, 0.3) is 22.3 Å². The molecule has 1 fully saturated rings. The highest BCUT2D eigenvalue weighted by Gasteiger charge is 2.22. The van der Waals surface area contributed by atoms with Crippen molar-refractivity contribution in [3.8, 4) is 22.8 Å². The molecule has 1 aliphatic heterocycles. The van der Waals surface area contributed by atoms with Crippen molar-refractivity contribution in [2.45, 2.75) is 6.54 Å². The van der Waals surface area contributed by atoms with Crippen molar-refractivity contribution in [2.24, 2.45) is 0 Å². The van der Waals surface area contributed by atoms with Crippen LogP contribution in [-0.2, 0) is 11.3 Å². The Morgan fingerprint density at radius 3 is 2.72 bits per heavy atom. The average Bonchev–Trinajstić information content (AvgIpc) is 3.29. The average molecular weight is 506 g/mol. The fourth-order valence-electron chi connectivity index (χ4n) is 4.07. The molecule has 9 nitrogen and oxygen atoms in total. The van der Waals surface area contributed by atoms with Crippen molar-refractivity contribution in [3.05, 3.63) is 79.1 Å². The monoisotopic (exact) mass is 505 g/mol. The van der Waals surface area contributed by atoms with Gasteiger partial charge in [-0.15, -0.1) is 0 Å². The van der Waals surface area contributed by atoms with E-state index in [-0.39, 0.29) is 5.91 Å². The van der Waals surface area contributed by atoms with Crippen LogP contribution in [0, 0.1) is 0 Å². The van der Waals surface area contributed by atoms with Gasteiger partial charge >= 0.3 is 0 Å². The van der Waals surface area contributed by atoms with Gasteiger partial charge in [0.2, 0.25) is 11.8 Å². The summed E-state index contributed by atoms with van der Waals surface area (Å²) in [5.41, 5.74) is 5.01. The molecule has 1 amide bonds. The van der Waals surface area contributed by atoms with Gasteiger partial charge in [-0.2, -0.15) is 10.6 Å². The molecule has 3 heterocycles. The van der Waals surface area contributed by atoms with Crippen molar-refractivity contribution in [1.82, 2.24) is 19.9 Å². The van der Waals surface area contributed by atoms with E-state index in [0.717, 1.165) is 23.2 Å². The molecule has 2 aromatic heterocycles. The van der Waals surface area contributed by atoms with Gasteiger partial charge in [-0.3, -0.25) is 18.8 Å². The molecule has 0 saturated carbocycles. The summed E-state index contributed by atoms with van der Waals surface area (Å²) in [6, 6.07) is 15.3. The third-order valence-electron chi connectivity index (χ3n) is 6.01. The van der Waals surface area contributed by atoms with E-state index in [1.165, 1.54) is 6.08 Å². The van der Waals surface area contributed by atoms with E-state index in [1.807, 2.05) is 6.20 Å². The number of rotatable bonds is 7. The third-order valence-corrected chi connectivity index (χ3v) is 7.68. The van der Waals surface area contributed by atoms with Crippen molar-refractivity contribution < 1.29 is 18.6 Å². The number of hydrogen-bond donors (Lipinski definition) is 4. The Labute approximate surface area is 210 Å². The molecule has 10 heteroatoms. The normalized spacial score (nSPS) is 16.4. The molecule has 0 unspecified atom stereocenters. The highest BCUT2D eigenvalue weighted by atomic mass is 32.3. The number of anilines is 1. The zero-order valence-electron chi connectivity index (χ0n) is 19.6. The minimum Gasteiger partial charge on any atom is -0.437 e. The Morgan fingerprint density at radius 1 is 1.19 bits per heavy atom. The van der Waals surface area contributed by atoms with Crippen LogP contribution >= 0.6 is 10.6 Å². The lowest BCUT2D eigenvalue weighted by Gasteiger charge is -2.41. The zero-order valence-corrected chi connectivity index (χ0v) is 20.4. The quantitative estimate of drug-likeness (QED) is 0.257. The SMILES string of the molecule is C=CC(=O)Nc1cccc(Oc2cnc3[nH]cc(-c4ccc(CN5CCS(O)(O)CC5)cc4)c3n2)c1. The summed E-state index contributed by atoms with van der Waals surface area (Å²) in [7, 11) is -2.39. The van der Waals surface area contributed by atoms with Crippen LogP contribution in [0.1, 0.15) is 5.56 Å². The van der Waals surface area contributed by atoms with E-state index in [2.05, 4.69) is 56.0 Å². The van der Waals surface area contributed by atoms with E-state index < -0.39 is 10.6 Å². The van der Waals surface area contributed by atoms with Crippen molar-refractivity contribution in [3.63, 3.8) is 0 Å². The highest BCUT2D eigenvalue weighted by Crippen LogP contribution is 2.40. The molecule has 4 N–H and O–H groups in total. The number of benzene rings is 2. The van der Waals surface area contributed by atoms with Gasteiger partial charge in [0.15, 0.2) is 5.65 Å². The molecule has 5 rings (SSSR count). The van der Waals surface area contributed by atoms with Gasteiger partial charge in [-0.1, -0.05) is 36.9 Å². The second-order valence-electron chi connectivity index (χ2n) is 8.61.